The number of aryl methyl sites for hydroxylation is 1. The van der Waals surface area contributed by atoms with Gasteiger partial charge in [0.1, 0.15) is 6.61 Å². The van der Waals surface area contributed by atoms with E-state index in [1.807, 2.05) is 0 Å². The second-order valence-corrected chi connectivity index (χ2v) is 7.88. The zero-order valence-corrected chi connectivity index (χ0v) is 16.4. The van der Waals surface area contributed by atoms with Crippen molar-refractivity contribution in [3.05, 3.63) is 64.7 Å². The predicted molar refractivity (Wildman–Crippen MR) is 98.2 cm³/mol. The Morgan fingerprint density at radius 3 is 2.30 bits per heavy atom. The van der Waals surface area contributed by atoms with E-state index in [4.69, 9.17) is 4.84 Å². The van der Waals surface area contributed by atoms with Crippen molar-refractivity contribution in [2.75, 3.05) is 4.72 Å². The first-order valence-electron chi connectivity index (χ1n) is 8.24. The molecule has 0 heterocycles. The highest BCUT2D eigenvalue weighted by Gasteiger charge is 2.46. The Morgan fingerprint density at radius 2 is 1.70 bits per heavy atom. The second-order valence-electron chi connectivity index (χ2n) is 6.21. The Labute approximate surface area is 168 Å². The lowest BCUT2D eigenvalue weighted by Gasteiger charge is -2.15. The van der Waals surface area contributed by atoms with Crippen LogP contribution in [0, 0.1) is 6.92 Å². The van der Waals surface area contributed by atoms with Crippen LogP contribution in [-0.2, 0) is 27.6 Å². The van der Waals surface area contributed by atoms with Gasteiger partial charge in [-0.1, -0.05) is 35.0 Å². The van der Waals surface area contributed by atoms with E-state index < -0.39 is 39.6 Å². The third kappa shape index (κ3) is 5.65. The van der Waals surface area contributed by atoms with Crippen molar-refractivity contribution >= 4 is 21.4 Å². The lowest BCUT2D eigenvalue weighted by atomic mass is 10.1. The summed E-state index contributed by atoms with van der Waals surface area (Å²) in [5.74, 6) is 0. The minimum atomic E-state index is -5.68. The van der Waals surface area contributed by atoms with Crippen LogP contribution in [0.25, 0.3) is 0 Å². The maximum atomic E-state index is 13.0. The normalized spacial score (nSPS) is 13.3. The van der Waals surface area contributed by atoms with Crippen LogP contribution < -0.4 is 4.72 Å². The van der Waals surface area contributed by atoms with Crippen molar-refractivity contribution in [1.82, 2.24) is 0 Å². The molecule has 0 saturated heterocycles. The van der Waals surface area contributed by atoms with Crippen LogP contribution in [0.15, 0.2) is 47.6 Å². The molecule has 0 unspecified atom stereocenters. The van der Waals surface area contributed by atoms with Crippen LogP contribution in [0.2, 0.25) is 0 Å². The van der Waals surface area contributed by atoms with Crippen LogP contribution in [0.3, 0.4) is 0 Å². The monoisotopic (exact) mass is 454 g/mol. The van der Waals surface area contributed by atoms with Gasteiger partial charge in [0.05, 0.1) is 17.0 Å². The average molecular weight is 454 g/mol. The summed E-state index contributed by atoms with van der Waals surface area (Å²) in [6.07, 6.45) is -4.60. The summed E-state index contributed by atoms with van der Waals surface area (Å²) >= 11 is 0. The van der Waals surface area contributed by atoms with Gasteiger partial charge >= 0.3 is 21.7 Å². The number of halogens is 6. The third-order valence-electron chi connectivity index (χ3n) is 3.86. The molecule has 0 aliphatic carbocycles. The van der Waals surface area contributed by atoms with Crippen molar-refractivity contribution in [2.45, 2.75) is 32.1 Å². The molecule has 0 aromatic heterocycles. The second kappa shape index (κ2) is 8.54. The fourth-order valence-corrected chi connectivity index (χ4v) is 3.00. The lowest BCUT2D eigenvalue weighted by Crippen LogP contribution is -2.30. The molecular formula is C18H16F6N2O3S. The maximum absolute atomic E-state index is 13.0. The molecule has 12 heteroatoms. The van der Waals surface area contributed by atoms with Gasteiger partial charge in [0.2, 0.25) is 0 Å². The van der Waals surface area contributed by atoms with E-state index in [0.29, 0.717) is 5.56 Å². The fourth-order valence-electron chi connectivity index (χ4n) is 2.42. The molecule has 0 radical (unpaired) electrons. The summed E-state index contributed by atoms with van der Waals surface area (Å²) in [6, 6.07) is 8.53. The summed E-state index contributed by atoms with van der Waals surface area (Å²) in [6.45, 7) is 2.37. The summed E-state index contributed by atoms with van der Waals surface area (Å²) in [4.78, 5) is 4.95. The molecule has 0 atom stereocenters. The number of benzene rings is 2. The lowest BCUT2D eigenvalue weighted by molar-refractivity contribution is -0.138. The molecule has 2 aromatic carbocycles. The summed E-state index contributed by atoms with van der Waals surface area (Å²) in [7, 11) is -5.68. The first-order valence-corrected chi connectivity index (χ1v) is 9.72. The summed E-state index contributed by atoms with van der Waals surface area (Å²) < 4.78 is 101. The molecule has 0 saturated carbocycles. The molecule has 1 N–H and O–H groups in total. The third-order valence-corrected chi connectivity index (χ3v) is 4.96. The van der Waals surface area contributed by atoms with Gasteiger partial charge in [-0.15, -0.1) is 0 Å². The highest BCUT2D eigenvalue weighted by Crippen LogP contribution is 2.32. The number of oxime groups is 1. The van der Waals surface area contributed by atoms with Crippen LogP contribution in [0.4, 0.5) is 32.0 Å². The molecule has 164 valence electrons. The summed E-state index contributed by atoms with van der Waals surface area (Å²) in [5.41, 5.74) is -6.51. The fraction of sp³-hybridized carbons (Fsp3) is 0.278. The zero-order valence-electron chi connectivity index (χ0n) is 15.6. The molecule has 5 nitrogen and oxygen atoms in total. The molecule has 0 aliphatic heterocycles. The minimum Gasteiger partial charge on any atom is -0.391 e. The number of nitrogens with one attached hydrogen (secondary N) is 1. The molecule has 0 amide bonds. The van der Waals surface area contributed by atoms with Gasteiger partial charge < -0.3 is 4.84 Å². The first-order chi connectivity index (χ1) is 13.7. The van der Waals surface area contributed by atoms with E-state index in [-0.39, 0.29) is 16.8 Å². The number of rotatable bonds is 6. The molecule has 0 bridgehead atoms. The number of anilines is 1. The molecule has 2 rings (SSSR count). The smallest absolute Gasteiger partial charge is 0.391 e. The van der Waals surface area contributed by atoms with E-state index in [9.17, 15) is 34.8 Å². The number of sulfonamides is 1. The average Bonchev–Trinajstić information content (AvgIpc) is 2.61. The van der Waals surface area contributed by atoms with E-state index in [1.54, 1.807) is 6.92 Å². The van der Waals surface area contributed by atoms with E-state index >= 15 is 0 Å². The SMILES string of the molecule is C/C(=N\OCc1ccccc1C(F)(F)F)c1cc(C)ccc1NS(=O)(=O)C(F)(F)F. The predicted octanol–water partition coefficient (Wildman–Crippen LogP) is 5.22. The van der Waals surface area contributed by atoms with E-state index in [2.05, 4.69) is 5.16 Å². The van der Waals surface area contributed by atoms with Crippen molar-refractivity contribution in [1.29, 1.82) is 0 Å². The molecule has 2 aromatic rings. The first kappa shape index (κ1) is 23.5. The maximum Gasteiger partial charge on any atom is 0.516 e. The van der Waals surface area contributed by atoms with Crippen molar-refractivity contribution in [3.63, 3.8) is 0 Å². The Morgan fingerprint density at radius 1 is 1.07 bits per heavy atom. The standard InChI is InChI=1S/C18H16F6N2O3S/c1-11-7-8-16(26-30(27,28)18(22,23)24)14(9-11)12(2)25-29-10-13-5-3-4-6-15(13)17(19,20)21/h3-9,26H,10H2,1-2H3/b25-12+. The van der Waals surface area contributed by atoms with Crippen LogP contribution in [0.1, 0.15) is 29.2 Å². The van der Waals surface area contributed by atoms with Gasteiger partial charge in [-0.25, -0.2) is 0 Å². The molecular weight excluding hydrogens is 438 g/mol. The largest absolute Gasteiger partial charge is 0.516 e. The Hall–Kier alpha value is -2.76. The van der Waals surface area contributed by atoms with E-state index in [0.717, 1.165) is 12.1 Å². The van der Waals surface area contributed by atoms with Gasteiger partial charge in [0.15, 0.2) is 0 Å². The Bertz CT molecular complexity index is 1050. The molecule has 0 spiro atoms. The van der Waals surface area contributed by atoms with Crippen LogP contribution >= 0.6 is 0 Å². The van der Waals surface area contributed by atoms with Gasteiger partial charge in [-0.3, -0.25) is 4.72 Å². The van der Waals surface area contributed by atoms with Gasteiger partial charge in [-0.2, -0.15) is 34.8 Å². The van der Waals surface area contributed by atoms with Gasteiger partial charge in [-0.05, 0) is 32.0 Å². The van der Waals surface area contributed by atoms with Crippen LogP contribution in [-0.4, -0.2) is 19.6 Å². The van der Waals surface area contributed by atoms with E-state index in [1.165, 1.54) is 42.0 Å². The molecule has 0 fully saturated rings. The number of nitrogens with zero attached hydrogens (tertiary/aromatic N) is 1. The number of hydrogen-bond donors (Lipinski definition) is 1. The zero-order chi connectivity index (χ0) is 22.7. The van der Waals surface area contributed by atoms with Crippen molar-refractivity contribution in [2.24, 2.45) is 5.16 Å². The highest BCUT2D eigenvalue weighted by atomic mass is 32.2. The Kier molecular flexibility index (Phi) is 6.70. The highest BCUT2D eigenvalue weighted by molar-refractivity contribution is 7.93. The molecule has 30 heavy (non-hydrogen) atoms. The quantitative estimate of drug-likeness (QED) is 0.370. The number of hydrogen-bond acceptors (Lipinski definition) is 4. The topological polar surface area (TPSA) is 67.8 Å². The van der Waals surface area contributed by atoms with Gasteiger partial charge in [0.25, 0.3) is 0 Å². The minimum absolute atomic E-state index is 0.0214. The van der Waals surface area contributed by atoms with Crippen molar-refractivity contribution in [3.8, 4) is 0 Å². The molecule has 0 aliphatic rings. The van der Waals surface area contributed by atoms with Crippen molar-refractivity contribution < 1.29 is 39.6 Å². The van der Waals surface area contributed by atoms with Gasteiger partial charge in [0, 0.05) is 11.1 Å². The number of alkyl halides is 6. The van der Waals surface area contributed by atoms with Crippen LogP contribution in [0.5, 0.6) is 0 Å². The summed E-state index contributed by atoms with van der Waals surface area (Å²) in [5, 5.41) is 3.64. The Balaban J connectivity index is 2.29.